The van der Waals surface area contributed by atoms with Crippen molar-refractivity contribution in [3.05, 3.63) is 18.2 Å². The predicted molar refractivity (Wildman–Crippen MR) is 115 cm³/mol. The van der Waals surface area contributed by atoms with Crippen LogP contribution in [0.15, 0.2) is 17.4 Å². The maximum atomic E-state index is 5.70. The Morgan fingerprint density at radius 1 is 1.35 bits per heavy atom. The Kier molecular flexibility index (Phi) is 12.7. The fourth-order valence-corrected chi connectivity index (χ4v) is 2.82. The van der Waals surface area contributed by atoms with Crippen molar-refractivity contribution in [3.63, 3.8) is 0 Å². The molecule has 0 saturated carbocycles. The van der Waals surface area contributed by atoms with Crippen LogP contribution in [0.2, 0.25) is 0 Å². The summed E-state index contributed by atoms with van der Waals surface area (Å²) >= 11 is 0. The first-order valence-corrected chi connectivity index (χ1v) is 9.37. The van der Waals surface area contributed by atoms with Crippen molar-refractivity contribution in [1.82, 2.24) is 20.2 Å². The molecule has 1 fully saturated rings. The van der Waals surface area contributed by atoms with Crippen LogP contribution in [0.5, 0.6) is 0 Å². The number of guanidine groups is 1. The first kappa shape index (κ1) is 23.2. The second kappa shape index (κ2) is 14.2. The molecule has 8 heteroatoms. The molecule has 2 heterocycles. The highest BCUT2D eigenvalue weighted by Crippen LogP contribution is 2.12. The molecule has 1 saturated heterocycles. The third-order valence-electron chi connectivity index (χ3n) is 4.40. The molecule has 1 aromatic heterocycles. The van der Waals surface area contributed by atoms with Crippen LogP contribution >= 0.6 is 24.0 Å². The van der Waals surface area contributed by atoms with Crippen molar-refractivity contribution in [2.24, 2.45) is 10.9 Å². The van der Waals surface area contributed by atoms with Crippen LogP contribution in [0.4, 0.5) is 0 Å². The quantitative estimate of drug-likeness (QED) is 0.220. The first-order valence-electron chi connectivity index (χ1n) is 9.37. The van der Waals surface area contributed by atoms with Gasteiger partial charge in [-0.25, -0.2) is 4.98 Å². The molecule has 0 amide bonds. The molecule has 1 aromatic rings. The molecule has 1 aliphatic heterocycles. The normalized spacial score (nSPS) is 17.2. The van der Waals surface area contributed by atoms with Gasteiger partial charge in [0, 0.05) is 58.2 Å². The number of halogens is 1. The number of hydrogen-bond acceptors (Lipinski definition) is 4. The molecule has 2 rings (SSSR count). The topological polar surface area (TPSA) is 72.7 Å². The lowest BCUT2D eigenvalue weighted by molar-refractivity contribution is 0.0888. The largest absolute Gasteiger partial charge is 0.381 e. The minimum absolute atomic E-state index is 0. The summed E-state index contributed by atoms with van der Waals surface area (Å²) in [7, 11) is 1.81. The molecule has 7 nitrogen and oxygen atoms in total. The van der Waals surface area contributed by atoms with Gasteiger partial charge in [0.15, 0.2) is 5.96 Å². The maximum Gasteiger partial charge on any atom is 0.190 e. The van der Waals surface area contributed by atoms with Gasteiger partial charge in [-0.15, -0.1) is 24.0 Å². The van der Waals surface area contributed by atoms with Gasteiger partial charge in [0.25, 0.3) is 0 Å². The molecular formula is C18H34IN5O2. The second-order valence-electron chi connectivity index (χ2n) is 6.46. The number of rotatable bonds is 11. The molecule has 2 N–H and O–H groups in total. The number of nitrogens with zero attached hydrogens (tertiary/aromatic N) is 3. The third-order valence-corrected chi connectivity index (χ3v) is 4.40. The number of hydrogen-bond donors (Lipinski definition) is 2. The highest BCUT2D eigenvalue weighted by molar-refractivity contribution is 14.0. The van der Waals surface area contributed by atoms with E-state index in [-0.39, 0.29) is 24.0 Å². The Balaban J connectivity index is 0.00000338. The van der Waals surface area contributed by atoms with E-state index in [2.05, 4.69) is 25.2 Å². The van der Waals surface area contributed by atoms with E-state index in [0.29, 0.717) is 5.92 Å². The van der Waals surface area contributed by atoms with Gasteiger partial charge in [-0.3, -0.25) is 4.99 Å². The van der Waals surface area contributed by atoms with Gasteiger partial charge in [0.05, 0.1) is 13.2 Å². The zero-order valence-corrected chi connectivity index (χ0v) is 18.4. The van der Waals surface area contributed by atoms with Crippen LogP contribution < -0.4 is 10.6 Å². The standard InChI is InChI=1S/C18H33N5O2.HI/c1-16-20-9-11-23(16)10-4-3-7-21-18(19-2)22-8-5-12-24-14-17-6-13-25-15-17;/h9,11,17H,3-8,10,12-15H2,1-2H3,(H2,19,21,22);1H. The summed E-state index contributed by atoms with van der Waals surface area (Å²) in [5.74, 6) is 2.53. The zero-order valence-electron chi connectivity index (χ0n) is 16.1. The van der Waals surface area contributed by atoms with E-state index in [1.165, 1.54) is 0 Å². The molecule has 0 aromatic carbocycles. The lowest BCUT2D eigenvalue weighted by atomic mass is 10.1. The van der Waals surface area contributed by atoms with E-state index in [4.69, 9.17) is 9.47 Å². The Hall–Kier alpha value is -0.870. The summed E-state index contributed by atoms with van der Waals surface area (Å²) in [5.41, 5.74) is 0. The van der Waals surface area contributed by atoms with E-state index in [0.717, 1.165) is 83.5 Å². The molecule has 150 valence electrons. The summed E-state index contributed by atoms with van der Waals surface area (Å²) < 4.78 is 13.2. The SMILES string of the molecule is CN=C(NCCCCn1ccnc1C)NCCCOCC1CCOC1.I. The van der Waals surface area contributed by atoms with Gasteiger partial charge >= 0.3 is 0 Å². The molecule has 0 bridgehead atoms. The highest BCUT2D eigenvalue weighted by atomic mass is 127. The van der Waals surface area contributed by atoms with E-state index in [1.54, 1.807) is 7.05 Å². The maximum absolute atomic E-state index is 5.70. The summed E-state index contributed by atoms with van der Waals surface area (Å²) in [4.78, 5) is 8.49. The number of ether oxygens (including phenoxy) is 2. The third kappa shape index (κ3) is 9.18. The van der Waals surface area contributed by atoms with Crippen molar-refractivity contribution in [3.8, 4) is 0 Å². The fraction of sp³-hybridized carbons (Fsp3) is 0.778. The number of aromatic nitrogens is 2. The Labute approximate surface area is 174 Å². The van der Waals surface area contributed by atoms with Crippen LogP contribution in [0.25, 0.3) is 0 Å². The summed E-state index contributed by atoms with van der Waals surface area (Å²) in [6.07, 6.45) is 8.23. The van der Waals surface area contributed by atoms with Crippen LogP contribution in [0.3, 0.4) is 0 Å². The van der Waals surface area contributed by atoms with E-state index >= 15 is 0 Å². The smallest absolute Gasteiger partial charge is 0.190 e. The Morgan fingerprint density at radius 2 is 2.15 bits per heavy atom. The minimum Gasteiger partial charge on any atom is -0.381 e. The molecule has 1 aliphatic rings. The number of imidazole rings is 1. The van der Waals surface area contributed by atoms with Crippen molar-refractivity contribution in [1.29, 1.82) is 0 Å². The van der Waals surface area contributed by atoms with Gasteiger partial charge in [-0.1, -0.05) is 0 Å². The Bertz CT molecular complexity index is 504. The van der Waals surface area contributed by atoms with Gasteiger partial charge in [0.2, 0.25) is 0 Å². The second-order valence-corrected chi connectivity index (χ2v) is 6.46. The van der Waals surface area contributed by atoms with Crippen LogP contribution in [0, 0.1) is 12.8 Å². The van der Waals surface area contributed by atoms with Crippen molar-refractivity contribution in [2.75, 3.05) is 46.6 Å². The van der Waals surface area contributed by atoms with E-state index < -0.39 is 0 Å². The fourth-order valence-electron chi connectivity index (χ4n) is 2.82. The lowest BCUT2D eigenvalue weighted by Gasteiger charge is -2.13. The minimum atomic E-state index is 0. The van der Waals surface area contributed by atoms with Crippen molar-refractivity contribution in [2.45, 2.75) is 39.2 Å². The zero-order chi connectivity index (χ0) is 17.7. The number of aryl methyl sites for hydroxylation is 2. The molecule has 0 spiro atoms. The van der Waals surface area contributed by atoms with Crippen LogP contribution in [0.1, 0.15) is 31.5 Å². The van der Waals surface area contributed by atoms with E-state index in [1.807, 2.05) is 19.3 Å². The van der Waals surface area contributed by atoms with Crippen LogP contribution in [-0.2, 0) is 16.0 Å². The number of nitrogens with one attached hydrogen (secondary N) is 2. The van der Waals surface area contributed by atoms with Gasteiger partial charge < -0.3 is 24.7 Å². The average molecular weight is 479 g/mol. The first-order chi connectivity index (χ1) is 12.3. The number of unbranched alkanes of at least 4 members (excludes halogenated alkanes) is 1. The predicted octanol–water partition coefficient (Wildman–Crippen LogP) is 2.20. The molecule has 1 atom stereocenters. The van der Waals surface area contributed by atoms with Crippen molar-refractivity contribution < 1.29 is 9.47 Å². The van der Waals surface area contributed by atoms with Gasteiger partial charge in [-0.05, 0) is 32.6 Å². The molecule has 0 aliphatic carbocycles. The Morgan fingerprint density at radius 3 is 2.81 bits per heavy atom. The molecule has 0 radical (unpaired) electrons. The van der Waals surface area contributed by atoms with Crippen LogP contribution in [-0.4, -0.2) is 62.1 Å². The summed E-state index contributed by atoms with van der Waals surface area (Å²) in [6.45, 7) is 8.20. The monoisotopic (exact) mass is 479 g/mol. The van der Waals surface area contributed by atoms with Gasteiger partial charge in [-0.2, -0.15) is 0 Å². The lowest BCUT2D eigenvalue weighted by Crippen LogP contribution is -2.38. The van der Waals surface area contributed by atoms with Gasteiger partial charge in [0.1, 0.15) is 5.82 Å². The molecular weight excluding hydrogens is 445 g/mol. The average Bonchev–Trinajstić information content (AvgIpc) is 3.27. The summed E-state index contributed by atoms with van der Waals surface area (Å²) in [6, 6.07) is 0. The molecule has 1 unspecified atom stereocenters. The van der Waals surface area contributed by atoms with E-state index in [9.17, 15) is 0 Å². The molecule has 26 heavy (non-hydrogen) atoms. The van der Waals surface area contributed by atoms with Crippen molar-refractivity contribution >= 4 is 29.9 Å². The number of aliphatic imine (C=N–C) groups is 1. The summed E-state index contributed by atoms with van der Waals surface area (Å²) in [5, 5.41) is 6.69. The highest BCUT2D eigenvalue weighted by Gasteiger charge is 2.15.